The summed E-state index contributed by atoms with van der Waals surface area (Å²) in [5.74, 6) is 14.0. The molecule has 2 aromatic heterocycles. The number of aromatic nitrogens is 2. The topological polar surface area (TPSA) is 20.7 Å². The number of benzene rings is 1. The second kappa shape index (κ2) is 11.7. The number of allylic oxidation sites excluding steroid dienone is 8. The van der Waals surface area contributed by atoms with E-state index < -0.39 is 7.26 Å². The van der Waals surface area contributed by atoms with E-state index in [9.17, 15) is 0 Å². The summed E-state index contributed by atoms with van der Waals surface area (Å²) in [7, 11) is -1.46. The molecule has 0 aliphatic carbocycles. The van der Waals surface area contributed by atoms with E-state index in [2.05, 4.69) is 108 Å². The van der Waals surface area contributed by atoms with Crippen LogP contribution in [0.5, 0.6) is 0 Å². The summed E-state index contributed by atoms with van der Waals surface area (Å²) in [6.07, 6.45) is 23.6. The van der Waals surface area contributed by atoms with Crippen molar-refractivity contribution in [3.05, 3.63) is 142 Å². The van der Waals surface area contributed by atoms with Crippen LogP contribution in [0.4, 0.5) is 0 Å². The number of fused-ring (bicyclic) bond motifs is 1. The van der Waals surface area contributed by atoms with Crippen LogP contribution in [0.25, 0.3) is 17.8 Å². The van der Waals surface area contributed by atoms with E-state index >= 15 is 0 Å². The Balaban J connectivity index is 1.54. The van der Waals surface area contributed by atoms with Crippen LogP contribution in [0.15, 0.2) is 120 Å². The fourth-order valence-electron chi connectivity index (χ4n) is 5.31. The molecule has 0 radical (unpaired) electrons. The predicted octanol–water partition coefficient (Wildman–Crippen LogP) is 7.23. The Kier molecular flexibility index (Phi) is 7.94. The first-order chi connectivity index (χ1) is 19.6. The lowest BCUT2D eigenvalue weighted by Crippen LogP contribution is -2.29. The van der Waals surface area contributed by atoms with Gasteiger partial charge in [-0.05, 0) is 55.2 Å². The van der Waals surface area contributed by atoms with Gasteiger partial charge in [-0.1, -0.05) is 86.1 Å². The molecule has 0 amide bonds. The molecule has 4 heterocycles. The van der Waals surface area contributed by atoms with Crippen molar-refractivity contribution in [3.63, 3.8) is 0 Å². The standard InChI is InChI=1S/C37H34N2P/c1-6-14-32-33(15-7-2)35(39(34(32)9-4)31-16-11-10-12-17-31)22-21-29(8-3)19-20-30-23-25-40(37-18-13-24-38-37)27-36(40)28(5)26-30/h4,7,10-13,15-20,22-25,27,38H,2,5,8,21,26H2,1,3H3/q+1/b29-19+,30-20-,33-15-,35-22+. The second-order valence-electron chi connectivity index (χ2n) is 9.89. The minimum Gasteiger partial charge on any atom is -0.332 e. The Morgan fingerprint density at radius 1 is 1.18 bits per heavy atom. The monoisotopic (exact) mass is 537 g/mol. The molecule has 1 atom stereocenters. The average molecular weight is 538 g/mol. The van der Waals surface area contributed by atoms with Crippen LogP contribution in [0, 0.1) is 24.2 Å². The van der Waals surface area contributed by atoms with E-state index in [4.69, 9.17) is 6.42 Å². The first-order valence-electron chi connectivity index (χ1n) is 13.6. The fraction of sp³-hybridized carbons (Fsp3) is 0.135. The number of aromatic amines is 1. The van der Waals surface area contributed by atoms with Crippen molar-refractivity contribution in [2.45, 2.75) is 33.1 Å². The molecule has 0 fully saturated rings. The van der Waals surface area contributed by atoms with Crippen LogP contribution in [0.1, 0.15) is 44.4 Å². The zero-order chi connectivity index (χ0) is 28.1. The van der Waals surface area contributed by atoms with Crippen molar-refractivity contribution >= 4 is 24.8 Å². The number of nitrogens with zero attached hydrogens (tertiary/aromatic N) is 1. The molecule has 3 aromatic rings. The lowest BCUT2D eigenvalue weighted by atomic mass is 10.0. The van der Waals surface area contributed by atoms with Crippen LogP contribution in [0.2, 0.25) is 0 Å². The molecule has 2 aliphatic heterocycles. The number of rotatable bonds is 7. The first-order valence-corrected chi connectivity index (χ1v) is 15.5. The van der Waals surface area contributed by atoms with E-state index in [1.54, 1.807) is 6.08 Å². The molecule has 40 heavy (non-hydrogen) atoms. The minimum atomic E-state index is -1.46. The van der Waals surface area contributed by atoms with E-state index in [0.717, 1.165) is 46.8 Å². The molecule has 2 nitrogen and oxygen atoms in total. The van der Waals surface area contributed by atoms with Gasteiger partial charge in [-0.25, -0.2) is 0 Å². The Bertz CT molecular complexity index is 1820. The van der Waals surface area contributed by atoms with Crippen molar-refractivity contribution in [1.29, 1.82) is 0 Å². The van der Waals surface area contributed by atoms with E-state index in [1.165, 1.54) is 27.5 Å². The van der Waals surface area contributed by atoms with Crippen LogP contribution < -0.4 is 16.0 Å². The van der Waals surface area contributed by atoms with Crippen molar-refractivity contribution in [2.24, 2.45) is 0 Å². The van der Waals surface area contributed by atoms with Gasteiger partial charge in [-0.2, -0.15) is 0 Å². The summed E-state index contributed by atoms with van der Waals surface area (Å²) >= 11 is 0. The molecule has 3 heteroatoms. The van der Waals surface area contributed by atoms with E-state index in [1.807, 2.05) is 37.4 Å². The van der Waals surface area contributed by atoms with Crippen molar-refractivity contribution in [3.8, 4) is 29.9 Å². The predicted molar refractivity (Wildman–Crippen MR) is 174 cm³/mol. The smallest absolute Gasteiger partial charge is 0.175 e. The van der Waals surface area contributed by atoms with Crippen LogP contribution in [0.3, 0.4) is 0 Å². The number of hydrogen-bond donors (Lipinski definition) is 1. The number of terminal acetylenes is 1. The van der Waals surface area contributed by atoms with Gasteiger partial charge in [0, 0.05) is 29.6 Å². The van der Waals surface area contributed by atoms with Gasteiger partial charge in [0.2, 0.25) is 0 Å². The highest BCUT2D eigenvalue weighted by Gasteiger charge is 2.57. The van der Waals surface area contributed by atoms with Crippen LogP contribution in [-0.2, 0) is 0 Å². The normalized spacial score (nSPS) is 19.9. The average Bonchev–Trinajstić information content (AvgIpc) is 3.35. The van der Waals surface area contributed by atoms with Gasteiger partial charge in [0.15, 0.2) is 12.7 Å². The summed E-state index contributed by atoms with van der Waals surface area (Å²) in [6.45, 7) is 12.4. The molecule has 0 spiro atoms. The molecule has 1 unspecified atom stereocenters. The number of nitrogens with one attached hydrogen (secondary N) is 1. The van der Waals surface area contributed by atoms with E-state index in [0.29, 0.717) is 0 Å². The summed E-state index contributed by atoms with van der Waals surface area (Å²) in [5, 5.41) is 3.48. The quantitative estimate of drug-likeness (QED) is 0.243. The molecule has 5 rings (SSSR count). The molecule has 1 N–H and O–H groups in total. The molecular formula is C37H34N2P+. The maximum Gasteiger partial charge on any atom is 0.175 e. The van der Waals surface area contributed by atoms with Crippen molar-refractivity contribution < 1.29 is 0 Å². The lowest BCUT2D eigenvalue weighted by molar-refractivity contribution is 0.993. The summed E-state index contributed by atoms with van der Waals surface area (Å²) in [5.41, 5.74) is 7.81. The second-order valence-corrected chi connectivity index (χ2v) is 13.0. The van der Waals surface area contributed by atoms with Crippen LogP contribution in [-0.4, -0.2) is 9.55 Å². The Morgan fingerprint density at radius 2 is 2.00 bits per heavy atom. The third-order valence-corrected chi connectivity index (χ3v) is 10.7. The maximum atomic E-state index is 6.06. The molecule has 0 saturated heterocycles. The van der Waals surface area contributed by atoms with Gasteiger partial charge in [-0.15, -0.1) is 12.3 Å². The highest BCUT2D eigenvalue weighted by atomic mass is 31.2. The Labute approximate surface area is 238 Å². The molecule has 2 aliphatic rings. The van der Waals surface area contributed by atoms with Gasteiger partial charge in [0.25, 0.3) is 0 Å². The minimum absolute atomic E-state index is 0.762. The summed E-state index contributed by atoms with van der Waals surface area (Å²) in [6, 6.07) is 14.5. The Hall–Kier alpha value is -4.49. The Morgan fingerprint density at radius 3 is 2.67 bits per heavy atom. The molecule has 0 saturated carbocycles. The van der Waals surface area contributed by atoms with Gasteiger partial charge in [0.1, 0.15) is 16.8 Å². The third-order valence-electron chi connectivity index (χ3n) is 7.42. The SMILES string of the molecule is C#Cc1c(C#CC)c(=C/C=C)/c(=C\C/C(=C/C=C2/C=C[P+]3(c4ccc[nH]4)C=C3C(=C)C2)CC)n1-c1ccccc1. The summed E-state index contributed by atoms with van der Waals surface area (Å²) in [4.78, 5) is 3.43. The maximum absolute atomic E-state index is 6.06. The lowest BCUT2D eigenvalue weighted by Gasteiger charge is -2.07. The highest BCUT2D eigenvalue weighted by molar-refractivity contribution is 7.98. The third kappa shape index (κ3) is 5.08. The largest absolute Gasteiger partial charge is 0.332 e. The zero-order valence-corrected chi connectivity index (χ0v) is 24.1. The van der Waals surface area contributed by atoms with Crippen LogP contribution >= 0.6 is 7.26 Å². The van der Waals surface area contributed by atoms with Gasteiger partial charge in [0.05, 0.1) is 16.7 Å². The zero-order valence-electron chi connectivity index (χ0n) is 23.2. The highest BCUT2D eigenvalue weighted by Crippen LogP contribution is 2.83. The molecular weight excluding hydrogens is 503 g/mol. The van der Waals surface area contributed by atoms with Crippen molar-refractivity contribution in [1.82, 2.24) is 9.55 Å². The molecule has 196 valence electrons. The van der Waals surface area contributed by atoms with Crippen molar-refractivity contribution in [2.75, 3.05) is 0 Å². The number of hydrogen-bond acceptors (Lipinski definition) is 0. The fourth-order valence-corrected chi connectivity index (χ4v) is 8.65. The number of para-hydroxylation sites is 1. The van der Waals surface area contributed by atoms with Gasteiger partial charge < -0.3 is 9.55 Å². The molecule has 0 bridgehead atoms. The summed E-state index contributed by atoms with van der Waals surface area (Å²) < 4.78 is 2.14. The van der Waals surface area contributed by atoms with Gasteiger partial charge >= 0.3 is 0 Å². The number of H-pyrrole nitrogens is 1. The molecule has 1 aromatic carbocycles. The van der Waals surface area contributed by atoms with E-state index in [-0.39, 0.29) is 0 Å². The van der Waals surface area contributed by atoms with Gasteiger partial charge in [-0.3, -0.25) is 0 Å². The first kappa shape index (κ1) is 27.1.